The highest BCUT2D eigenvalue weighted by atomic mass is 32.1. The van der Waals surface area contributed by atoms with Gasteiger partial charge in [-0.1, -0.05) is 19.1 Å². The molecule has 7 nitrogen and oxygen atoms in total. The zero-order valence-corrected chi connectivity index (χ0v) is 19.2. The molecular formula is C25H24N4O3S. The van der Waals surface area contributed by atoms with Gasteiger partial charge in [0.25, 0.3) is 5.91 Å². The Morgan fingerprint density at radius 2 is 1.88 bits per heavy atom. The van der Waals surface area contributed by atoms with Crippen molar-refractivity contribution in [3.8, 4) is 22.9 Å². The Bertz CT molecular complexity index is 1250. The minimum Gasteiger partial charge on any atom is -0.495 e. The molecule has 0 unspecified atom stereocenters. The van der Waals surface area contributed by atoms with E-state index in [2.05, 4.69) is 20.6 Å². The summed E-state index contributed by atoms with van der Waals surface area (Å²) in [4.78, 5) is 20.5. The van der Waals surface area contributed by atoms with Crippen molar-refractivity contribution in [1.29, 1.82) is 0 Å². The largest absolute Gasteiger partial charge is 0.495 e. The fraction of sp³-hybridized carbons (Fsp3) is 0.160. The molecule has 4 rings (SSSR count). The summed E-state index contributed by atoms with van der Waals surface area (Å²) in [6, 6.07) is 20.4. The average molecular weight is 461 g/mol. The maximum absolute atomic E-state index is 12.6. The number of aromatic nitrogens is 2. The number of anilines is 1. The van der Waals surface area contributed by atoms with Crippen LogP contribution >= 0.6 is 12.2 Å². The van der Waals surface area contributed by atoms with E-state index in [0.717, 1.165) is 34.6 Å². The van der Waals surface area contributed by atoms with Crippen LogP contribution in [0, 0.1) is 0 Å². The lowest BCUT2D eigenvalue weighted by Crippen LogP contribution is -2.34. The van der Waals surface area contributed by atoms with E-state index in [1.165, 1.54) is 0 Å². The smallest absolute Gasteiger partial charge is 0.257 e. The summed E-state index contributed by atoms with van der Waals surface area (Å²) in [6.45, 7) is 2.67. The number of benzene rings is 3. The summed E-state index contributed by atoms with van der Waals surface area (Å²) >= 11 is 5.37. The number of para-hydroxylation sites is 2. The summed E-state index contributed by atoms with van der Waals surface area (Å²) in [5.41, 5.74) is 3.78. The number of aromatic amines is 1. The molecule has 168 valence electrons. The number of carbonyl (C=O) groups is 1. The van der Waals surface area contributed by atoms with Crippen LogP contribution < -0.4 is 20.1 Å². The van der Waals surface area contributed by atoms with Gasteiger partial charge in [0.15, 0.2) is 5.11 Å². The van der Waals surface area contributed by atoms with E-state index >= 15 is 0 Å². The van der Waals surface area contributed by atoms with E-state index < -0.39 is 0 Å². The number of nitrogens with zero attached hydrogens (tertiary/aromatic N) is 1. The summed E-state index contributed by atoms with van der Waals surface area (Å²) in [5.74, 6) is 1.72. The molecule has 1 heterocycles. The SMILES string of the molecule is CCCOc1ccc(C(=O)NC(=S)Nc2cc(-c3nc4ccccc4[nH]3)ccc2OC)cc1. The molecule has 0 aliphatic carbocycles. The van der Waals surface area contributed by atoms with Gasteiger partial charge in [0.2, 0.25) is 0 Å². The van der Waals surface area contributed by atoms with E-state index in [1.807, 2.05) is 49.4 Å². The number of thiocarbonyl (C=S) groups is 1. The lowest BCUT2D eigenvalue weighted by atomic mass is 10.1. The van der Waals surface area contributed by atoms with Crippen LogP contribution in [0.25, 0.3) is 22.4 Å². The van der Waals surface area contributed by atoms with Crippen molar-refractivity contribution in [3.63, 3.8) is 0 Å². The number of ether oxygens (including phenoxy) is 2. The van der Waals surface area contributed by atoms with Crippen LogP contribution in [-0.4, -0.2) is 34.7 Å². The molecule has 1 amide bonds. The number of hydrogen-bond acceptors (Lipinski definition) is 5. The summed E-state index contributed by atoms with van der Waals surface area (Å²) in [6.07, 6.45) is 0.920. The molecular weight excluding hydrogens is 436 g/mol. The Balaban J connectivity index is 1.47. The molecule has 4 aromatic rings. The maximum atomic E-state index is 12.6. The first-order valence-electron chi connectivity index (χ1n) is 10.6. The second-order valence-electron chi connectivity index (χ2n) is 7.30. The van der Waals surface area contributed by atoms with Gasteiger partial charge < -0.3 is 19.8 Å². The highest BCUT2D eigenvalue weighted by Gasteiger charge is 2.13. The number of rotatable bonds is 7. The van der Waals surface area contributed by atoms with E-state index in [1.54, 1.807) is 31.4 Å². The van der Waals surface area contributed by atoms with Crippen molar-refractivity contribution in [3.05, 3.63) is 72.3 Å². The molecule has 0 spiro atoms. The fourth-order valence-electron chi connectivity index (χ4n) is 3.29. The highest BCUT2D eigenvalue weighted by Crippen LogP contribution is 2.30. The number of hydrogen-bond donors (Lipinski definition) is 3. The third kappa shape index (κ3) is 5.30. The maximum Gasteiger partial charge on any atom is 0.257 e. The molecule has 0 radical (unpaired) electrons. The predicted octanol–water partition coefficient (Wildman–Crippen LogP) is 5.15. The van der Waals surface area contributed by atoms with Crippen molar-refractivity contribution in [1.82, 2.24) is 15.3 Å². The first kappa shape index (κ1) is 22.3. The Morgan fingerprint density at radius 1 is 1.09 bits per heavy atom. The second kappa shape index (κ2) is 10.1. The van der Waals surface area contributed by atoms with Gasteiger partial charge >= 0.3 is 0 Å². The molecule has 0 bridgehead atoms. The highest BCUT2D eigenvalue weighted by molar-refractivity contribution is 7.80. The predicted molar refractivity (Wildman–Crippen MR) is 134 cm³/mol. The van der Waals surface area contributed by atoms with Gasteiger partial charge in [0.05, 0.1) is 30.4 Å². The summed E-state index contributed by atoms with van der Waals surface area (Å²) in [5, 5.41) is 5.91. The molecule has 0 saturated heterocycles. The minimum atomic E-state index is -0.318. The third-order valence-electron chi connectivity index (χ3n) is 4.93. The minimum absolute atomic E-state index is 0.159. The molecule has 3 aromatic carbocycles. The number of amides is 1. The number of carbonyl (C=O) groups excluding carboxylic acids is 1. The number of nitrogens with one attached hydrogen (secondary N) is 3. The van der Waals surface area contributed by atoms with Crippen LogP contribution in [0.5, 0.6) is 11.5 Å². The first-order valence-corrected chi connectivity index (χ1v) is 11.0. The molecule has 0 fully saturated rings. The fourth-order valence-corrected chi connectivity index (χ4v) is 3.50. The van der Waals surface area contributed by atoms with Crippen molar-refractivity contribution >= 4 is 40.0 Å². The Hall–Kier alpha value is -3.91. The number of fused-ring (bicyclic) bond motifs is 1. The second-order valence-corrected chi connectivity index (χ2v) is 7.71. The van der Waals surface area contributed by atoms with Gasteiger partial charge in [-0.3, -0.25) is 10.1 Å². The quantitative estimate of drug-likeness (QED) is 0.331. The van der Waals surface area contributed by atoms with Crippen LogP contribution in [0.15, 0.2) is 66.7 Å². The molecule has 33 heavy (non-hydrogen) atoms. The molecule has 0 aliphatic rings. The summed E-state index contributed by atoms with van der Waals surface area (Å²) in [7, 11) is 1.57. The lowest BCUT2D eigenvalue weighted by Gasteiger charge is -2.14. The number of H-pyrrole nitrogens is 1. The van der Waals surface area contributed by atoms with Crippen LogP contribution in [0.1, 0.15) is 23.7 Å². The van der Waals surface area contributed by atoms with Gasteiger partial charge in [-0.2, -0.15) is 0 Å². The van der Waals surface area contributed by atoms with Crippen LogP contribution in [0.4, 0.5) is 5.69 Å². The topological polar surface area (TPSA) is 88.3 Å². The molecule has 0 aliphatic heterocycles. The van der Waals surface area contributed by atoms with E-state index in [9.17, 15) is 4.79 Å². The van der Waals surface area contributed by atoms with Crippen LogP contribution in [-0.2, 0) is 0 Å². The van der Waals surface area contributed by atoms with Gasteiger partial charge in [-0.05, 0) is 73.2 Å². The Morgan fingerprint density at radius 3 is 2.61 bits per heavy atom. The third-order valence-corrected chi connectivity index (χ3v) is 5.13. The Kier molecular flexibility index (Phi) is 6.85. The normalized spacial score (nSPS) is 10.6. The summed E-state index contributed by atoms with van der Waals surface area (Å²) < 4.78 is 11.0. The molecule has 1 aromatic heterocycles. The first-order chi connectivity index (χ1) is 16.1. The van der Waals surface area contributed by atoms with Crippen molar-refractivity contribution in [2.24, 2.45) is 0 Å². The van der Waals surface area contributed by atoms with Gasteiger partial charge in [-0.15, -0.1) is 0 Å². The van der Waals surface area contributed by atoms with E-state index in [-0.39, 0.29) is 11.0 Å². The van der Waals surface area contributed by atoms with Crippen molar-refractivity contribution < 1.29 is 14.3 Å². The zero-order valence-electron chi connectivity index (χ0n) is 18.3. The van der Waals surface area contributed by atoms with Gasteiger partial charge in [0, 0.05) is 11.1 Å². The molecule has 3 N–H and O–H groups in total. The number of imidazole rings is 1. The number of methoxy groups -OCH3 is 1. The lowest BCUT2D eigenvalue weighted by molar-refractivity contribution is 0.0977. The molecule has 8 heteroatoms. The van der Waals surface area contributed by atoms with Crippen LogP contribution in [0.3, 0.4) is 0 Å². The zero-order chi connectivity index (χ0) is 23.2. The monoisotopic (exact) mass is 460 g/mol. The van der Waals surface area contributed by atoms with Crippen molar-refractivity contribution in [2.45, 2.75) is 13.3 Å². The van der Waals surface area contributed by atoms with Gasteiger partial charge in [-0.25, -0.2) is 4.98 Å². The average Bonchev–Trinajstić information content (AvgIpc) is 3.27. The molecule has 0 atom stereocenters. The Labute approximate surface area is 197 Å². The van der Waals surface area contributed by atoms with Crippen molar-refractivity contribution in [2.75, 3.05) is 19.0 Å². The van der Waals surface area contributed by atoms with Gasteiger partial charge in [0.1, 0.15) is 17.3 Å². The van der Waals surface area contributed by atoms with Crippen LogP contribution in [0.2, 0.25) is 0 Å². The van der Waals surface area contributed by atoms with E-state index in [0.29, 0.717) is 23.6 Å². The standard InChI is InChI=1S/C25H24N4O3S/c1-3-14-32-18-11-8-16(9-12-18)24(30)29-25(33)28-21-15-17(10-13-22(21)31-2)23-26-19-6-4-5-7-20(19)27-23/h4-13,15H,3,14H2,1-2H3,(H,26,27)(H2,28,29,30,33). The van der Waals surface area contributed by atoms with E-state index in [4.69, 9.17) is 21.7 Å². The molecule has 0 saturated carbocycles.